The van der Waals surface area contributed by atoms with Crippen molar-refractivity contribution >= 4 is 17.1 Å². The van der Waals surface area contributed by atoms with E-state index >= 15 is 0 Å². The van der Waals surface area contributed by atoms with Gasteiger partial charge in [0.05, 0.1) is 30.2 Å². The molecule has 8 nitrogen and oxygen atoms in total. The molecule has 4 N–H and O–H groups in total. The number of aromatic nitrogens is 2. The topological polar surface area (TPSA) is 106 Å². The van der Waals surface area contributed by atoms with Crippen molar-refractivity contribution in [3.05, 3.63) is 29.6 Å². The number of imidazole rings is 1. The van der Waals surface area contributed by atoms with Crippen molar-refractivity contribution in [1.82, 2.24) is 20.2 Å². The summed E-state index contributed by atoms with van der Waals surface area (Å²) in [4.78, 5) is 20.0. The van der Waals surface area contributed by atoms with E-state index in [0.717, 1.165) is 42.5 Å². The van der Waals surface area contributed by atoms with Crippen LogP contribution in [0.1, 0.15) is 38.1 Å². The van der Waals surface area contributed by atoms with Crippen LogP contribution in [0.4, 0.5) is 31.1 Å². The normalized spacial score (nSPS) is 18.4. The minimum absolute atomic E-state index is 0.103. The zero-order valence-electron chi connectivity index (χ0n) is 20.4. The number of amides is 2. The average Bonchev–Trinajstić information content (AvgIpc) is 3.44. The van der Waals surface area contributed by atoms with Gasteiger partial charge < -0.3 is 30.4 Å². The van der Waals surface area contributed by atoms with Gasteiger partial charge in [-0.05, 0) is 44.4 Å². The Morgan fingerprint density at radius 1 is 1.14 bits per heavy atom. The number of hydrogen-bond acceptors (Lipinski definition) is 5. The highest BCUT2D eigenvalue weighted by molar-refractivity contribution is 5.78. The summed E-state index contributed by atoms with van der Waals surface area (Å²) in [5.41, 5.74) is 5.66. The Morgan fingerprint density at radius 2 is 1.78 bits per heavy atom. The summed E-state index contributed by atoms with van der Waals surface area (Å²) in [7, 11) is 2.80. The summed E-state index contributed by atoms with van der Waals surface area (Å²) >= 11 is 0. The van der Waals surface area contributed by atoms with Crippen LogP contribution in [0.2, 0.25) is 0 Å². The predicted molar refractivity (Wildman–Crippen MR) is 120 cm³/mol. The molecule has 1 aromatic carbocycles. The molecule has 2 aromatic rings. The molecule has 1 unspecified atom stereocenters. The lowest BCUT2D eigenvalue weighted by molar-refractivity contribution is -0.255. The summed E-state index contributed by atoms with van der Waals surface area (Å²) in [6, 6.07) is 2.71. The number of halogens is 6. The Hall–Kier alpha value is -2.58. The number of urea groups is 1. The van der Waals surface area contributed by atoms with Crippen LogP contribution >= 0.6 is 0 Å². The number of carbonyl (C=O) groups is 1. The molecular weight excluding hydrogens is 496 g/mol. The van der Waals surface area contributed by atoms with Crippen molar-refractivity contribution in [1.29, 1.82) is 0 Å². The third kappa shape index (κ3) is 8.23. The molecule has 1 saturated carbocycles. The van der Waals surface area contributed by atoms with Gasteiger partial charge >= 0.3 is 18.4 Å². The van der Waals surface area contributed by atoms with Crippen LogP contribution in [-0.2, 0) is 22.6 Å². The van der Waals surface area contributed by atoms with Crippen molar-refractivity contribution in [3.63, 3.8) is 0 Å². The third-order valence-electron chi connectivity index (χ3n) is 5.60. The van der Waals surface area contributed by atoms with Crippen molar-refractivity contribution in [2.24, 2.45) is 5.73 Å². The number of H-pyrrole nitrogens is 1. The largest absolute Gasteiger partial charge is 0.416 e. The van der Waals surface area contributed by atoms with Crippen LogP contribution < -0.4 is 11.1 Å². The summed E-state index contributed by atoms with van der Waals surface area (Å²) < 4.78 is 82.1. The first-order valence-electron chi connectivity index (χ1n) is 11.1. The molecule has 2 heterocycles. The maximum absolute atomic E-state index is 12.6. The van der Waals surface area contributed by atoms with Gasteiger partial charge in [-0.1, -0.05) is 6.07 Å². The zero-order chi connectivity index (χ0) is 27.3. The van der Waals surface area contributed by atoms with Gasteiger partial charge in [0.2, 0.25) is 0 Å². The summed E-state index contributed by atoms with van der Waals surface area (Å²) in [6.07, 6.45) is -5.50. The molecule has 1 atom stereocenters. The fourth-order valence-corrected chi connectivity index (χ4v) is 2.86. The number of alkyl halides is 6. The van der Waals surface area contributed by atoms with Crippen molar-refractivity contribution in [2.75, 3.05) is 20.8 Å². The maximum atomic E-state index is 12.6. The SMILES string of the molecule is COC(C)(C)C(F)(F)F.COC1CC1.NCc1nc2ccc(CN3CC(C(F)(F)F)NC3=O)cc2[nH]1. The number of aromatic amines is 1. The standard InChI is InChI=1S/C13H14F3N5O.C5H9F3O.C4H8O/c14-13(15,16)10-6-21(12(22)20-10)5-7-1-2-8-9(3-7)19-11(4-17)18-8;1-4(2,9-3)5(6,7)8;1-5-4-2-3-4/h1-3,10H,4-6,17H2,(H,18,19)(H,20,22);1-3H3;4H,2-3H2,1H3. The van der Waals surface area contributed by atoms with Gasteiger partial charge in [0.1, 0.15) is 11.9 Å². The van der Waals surface area contributed by atoms with Gasteiger partial charge in [-0.25, -0.2) is 9.78 Å². The summed E-state index contributed by atoms with van der Waals surface area (Å²) in [5.74, 6) is 0.628. The molecular formula is C22H31F6N5O3. The molecule has 1 aliphatic carbocycles. The van der Waals surface area contributed by atoms with E-state index in [1.165, 1.54) is 12.8 Å². The van der Waals surface area contributed by atoms with Crippen LogP contribution in [0.3, 0.4) is 0 Å². The molecule has 4 rings (SSSR count). The highest BCUT2D eigenvalue weighted by Gasteiger charge is 2.48. The number of rotatable bonds is 5. The number of nitrogens with one attached hydrogen (secondary N) is 2. The Balaban J connectivity index is 0.000000268. The molecule has 36 heavy (non-hydrogen) atoms. The fourth-order valence-electron chi connectivity index (χ4n) is 2.86. The molecule has 2 aliphatic rings. The van der Waals surface area contributed by atoms with E-state index in [9.17, 15) is 31.1 Å². The van der Waals surface area contributed by atoms with Crippen LogP contribution in [0.25, 0.3) is 11.0 Å². The Bertz CT molecular complexity index is 1000. The number of ether oxygens (including phenoxy) is 2. The molecule has 204 valence electrons. The molecule has 2 fully saturated rings. The van der Waals surface area contributed by atoms with Gasteiger partial charge in [-0.3, -0.25) is 0 Å². The lowest BCUT2D eigenvalue weighted by Crippen LogP contribution is -2.40. The van der Waals surface area contributed by atoms with Gasteiger partial charge in [0, 0.05) is 20.8 Å². The van der Waals surface area contributed by atoms with Gasteiger partial charge in [0.15, 0.2) is 5.60 Å². The molecule has 1 aliphatic heterocycles. The van der Waals surface area contributed by atoms with Crippen LogP contribution in [0.15, 0.2) is 18.2 Å². The van der Waals surface area contributed by atoms with Gasteiger partial charge in [-0.2, -0.15) is 26.3 Å². The van der Waals surface area contributed by atoms with Crippen LogP contribution in [0.5, 0.6) is 0 Å². The number of hydrogen-bond donors (Lipinski definition) is 3. The van der Waals surface area contributed by atoms with E-state index in [1.54, 1.807) is 25.3 Å². The first kappa shape index (κ1) is 29.6. The summed E-state index contributed by atoms with van der Waals surface area (Å²) in [6.45, 7) is 1.94. The van der Waals surface area contributed by atoms with Crippen molar-refractivity contribution in [2.45, 2.75) is 69.9 Å². The Kier molecular flexibility index (Phi) is 9.59. The monoisotopic (exact) mass is 527 g/mol. The molecule has 1 aromatic heterocycles. The maximum Gasteiger partial charge on any atom is 0.416 e. The van der Waals surface area contributed by atoms with E-state index < -0.39 is 36.6 Å². The number of carbonyl (C=O) groups excluding carboxylic acids is 1. The number of fused-ring (bicyclic) bond motifs is 1. The number of methoxy groups -OCH3 is 2. The van der Waals surface area contributed by atoms with Crippen LogP contribution in [0, 0.1) is 0 Å². The molecule has 2 amide bonds. The van der Waals surface area contributed by atoms with Gasteiger partial charge in [-0.15, -0.1) is 0 Å². The van der Waals surface area contributed by atoms with E-state index in [2.05, 4.69) is 14.7 Å². The van der Waals surface area contributed by atoms with Crippen molar-refractivity contribution in [3.8, 4) is 0 Å². The fraction of sp³-hybridized carbons (Fsp3) is 0.636. The number of benzene rings is 1. The lowest BCUT2D eigenvalue weighted by atomic mass is 10.1. The highest BCUT2D eigenvalue weighted by atomic mass is 19.4. The van der Waals surface area contributed by atoms with E-state index in [-0.39, 0.29) is 13.1 Å². The Labute approximate surface area is 204 Å². The quantitative estimate of drug-likeness (QED) is 0.505. The van der Waals surface area contributed by atoms with E-state index in [1.807, 2.05) is 5.32 Å². The lowest BCUT2D eigenvalue weighted by Gasteiger charge is -2.25. The summed E-state index contributed by atoms with van der Waals surface area (Å²) in [5, 5.41) is 1.94. The van der Waals surface area contributed by atoms with E-state index in [4.69, 9.17) is 10.5 Å². The smallest absolute Gasteiger partial charge is 0.381 e. The first-order valence-corrected chi connectivity index (χ1v) is 11.1. The molecule has 14 heteroatoms. The number of nitrogens with two attached hydrogens (primary N) is 1. The molecule has 0 radical (unpaired) electrons. The minimum atomic E-state index is -4.44. The molecule has 1 saturated heterocycles. The average molecular weight is 528 g/mol. The van der Waals surface area contributed by atoms with Crippen LogP contribution in [-0.4, -0.2) is 71.8 Å². The second-order valence-corrected chi connectivity index (χ2v) is 8.81. The minimum Gasteiger partial charge on any atom is -0.381 e. The van der Waals surface area contributed by atoms with Gasteiger partial charge in [0.25, 0.3) is 0 Å². The second kappa shape index (κ2) is 11.6. The second-order valence-electron chi connectivity index (χ2n) is 8.81. The third-order valence-corrected chi connectivity index (χ3v) is 5.60. The molecule has 0 bridgehead atoms. The predicted octanol–water partition coefficient (Wildman–Crippen LogP) is 4.25. The highest BCUT2D eigenvalue weighted by Crippen LogP contribution is 2.31. The zero-order valence-corrected chi connectivity index (χ0v) is 20.4. The number of nitrogens with zero attached hydrogens (tertiary/aromatic N) is 2. The van der Waals surface area contributed by atoms with Crippen molar-refractivity contribution < 1.29 is 40.6 Å². The van der Waals surface area contributed by atoms with E-state index in [0.29, 0.717) is 11.9 Å². The first-order chi connectivity index (χ1) is 16.6. The molecule has 0 spiro atoms. The Morgan fingerprint density at radius 3 is 2.17 bits per heavy atom.